The van der Waals surface area contributed by atoms with Gasteiger partial charge in [0.2, 0.25) is 0 Å². The molecule has 1 aliphatic rings. The number of fused-ring (bicyclic) bond motifs is 4. The number of benzene rings is 5. The molecule has 1 atom stereocenters. The molecule has 5 aromatic carbocycles. The van der Waals surface area contributed by atoms with E-state index in [2.05, 4.69) is 84.9 Å². The van der Waals surface area contributed by atoms with Crippen molar-refractivity contribution in [1.29, 1.82) is 0 Å². The third-order valence-corrected chi connectivity index (χ3v) is 9.02. The van der Waals surface area contributed by atoms with Crippen LogP contribution in [0.25, 0.3) is 44.2 Å². The van der Waals surface area contributed by atoms with Gasteiger partial charge in [0, 0.05) is 16.2 Å². The highest BCUT2D eigenvalue weighted by Crippen LogP contribution is 2.53. The minimum absolute atomic E-state index is 0.971. The molecule has 0 bridgehead atoms. The standard InChI is InChI=1S/C29H21OP/c1-31(30)26-16-8-7-14-25(26)29-23(15-9-17-27(29)31)24-19-18-20-10-5-6-13-22(20)28(24)21-11-3-2-4-12-21/h2-19H,1H3. The SMILES string of the molecule is CP1(=O)c2ccccc2-c2c(-c3ccc4ccccc4c3-c3ccccc3)cccc21. The van der Waals surface area contributed by atoms with E-state index in [0.717, 1.165) is 27.3 Å². The van der Waals surface area contributed by atoms with Gasteiger partial charge < -0.3 is 4.57 Å². The summed E-state index contributed by atoms with van der Waals surface area (Å²) in [5.41, 5.74) is 6.97. The minimum atomic E-state index is -2.61. The van der Waals surface area contributed by atoms with Crippen LogP contribution in [0.5, 0.6) is 0 Å². The molecule has 6 rings (SSSR count). The van der Waals surface area contributed by atoms with Crippen molar-refractivity contribution >= 4 is 28.5 Å². The molecule has 1 heterocycles. The molecule has 0 aromatic heterocycles. The van der Waals surface area contributed by atoms with E-state index in [1.54, 1.807) is 0 Å². The van der Waals surface area contributed by atoms with Crippen LogP contribution in [0, 0.1) is 0 Å². The predicted octanol–water partition coefficient (Wildman–Crippen LogP) is 7.10. The van der Waals surface area contributed by atoms with Gasteiger partial charge in [-0.2, -0.15) is 0 Å². The fraction of sp³-hybridized carbons (Fsp3) is 0.0345. The van der Waals surface area contributed by atoms with Gasteiger partial charge in [-0.15, -0.1) is 0 Å². The Morgan fingerprint density at radius 3 is 2.03 bits per heavy atom. The topological polar surface area (TPSA) is 17.1 Å². The molecule has 5 aromatic rings. The van der Waals surface area contributed by atoms with Crippen LogP contribution in [0.2, 0.25) is 0 Å². The second kappa shape index (κ2) is 6.80. The molecule has 0 saturated carbocycles. The first kappa shape index (κ1) is 18.4. The molecular weight excluding hydrogens is 395 g/mol. The van der Waals surface area contributed by atoms with E-state index in [1.165, 1.54) is 27.5 Å². The fourth-order valence-corrected chi connectivity index (χ4v) is 7.32. The van der Waals surface area contributed by atoms with Crippen LogP contribution < -0.4 is 10.6 Å². The summed E-state index contributed by atoms with van der Waals surface area (Å²) < 4.78 is 13.8. The van der Waals surface area contributed by atoms with Crippen LogP contribution in [-0.2, 0) is 4.57 Å². The summed E-state index contributed by atoms with van der Waals surface area (Å²) in [6.45, 7) is 1.90. The zero-order chi connectivity index (χ0) is 21.0. The largest absolute Gasteiger partial charge is 0.314 e. The van der Waals surface area contributed by atoms with Crippen molar-refractivity contribution in [3.63, 3.8) is 0 Å². The Labute approximate surface area is 182 Å². The van der Waals surface area contributed by atoms with Crippen LogP contribution in [0.3, 0.4) is 0 Å². The van der Waals surface area contributed by atoms with E-state index < -0.39 is 7.14 Å². The van der Waals surface area contributed by atoms with Crippen molar-refractivity contribution < 1.29 is 4.57 Å². The number of hydrogen-bond acceptors (Lipinski definition) is 1. The molecule has 0 aliphatic carbocycles. The highest BCUT2D eigenvalue weighted by atomic mass is 31.2. The van der Waals surface area contributed by atoms with Gasteiger partial charge in [-0.05, 0) is 45.3 Å². The van der Waals surface area contributed by atoms with Gasteiger partial charge in [-0.25, -0.2) is 0 Å². The lowest BCUT2D eigenvalue weighted by Crippen LogP contribution is -2.08. The molecule has 148 valence electrons. The lowest BCUT2D eigenvalue weighted by Gasteiger charge is -2.17. The van der Waals surface area contributed by atoms with Crippen molar-refractivity contribution in [1.82, 2.24) is 0 Å². The molecule has 2 heteroatoms. The normalized spacial score (nSPS) is 16.8. The van der Waals surface area contributed by atoms with E-state index >= 15 is 0 Å². The molecule has 0 radical (unpaired) electrons. The van der Waals surface area contributed by atoms with Crippen LogP contribution in [0.1, 0.15) is 0 Å². The summed E-state index contributed by atoms with van der Waals surface area (Å²) in [5.74, 6) is 0. The maximum Gasteiger partial charge on any atom is 0.141 e. The predicted molar refractivity (Wildman–Crippen MR) is 133 cm³/mol. The number of hydrogen-bond donors (Lipinski definition) is 0. The average Bonchev–Trinajstić information content (AvgIpc) is 3.06. The monoisotopic (exact) mass is 416 g/mol. The molecule has 0 saturated heterocycles. The van der Waals surface area contributed by atoms with Crippen molar-refractivity contribution in [2.24, 2.45) is 0 Å². The van der Waals surface area contributed by atoms with Crippen molar-refractivity contribution in [3.05, 3.63) is 109 Å². The third kappa shape index (κ3) is 2.67. The fourth-order valence-electron chi connectivity index (χ4n) is 5.00. The third-order valence-electron chi connectivity index (χ3n) is 6.42. The number of rotatable bonds is 2. The summed E-state index contributed by atoms with van der Waals surface area (Å²) in [4.78, 5) is 0. The second-order valence-electron chi connectivity index (χ2n) is 8.22. The summed E-state index contributed by atoms with van der Waals surface area (Å²) in [7, 11) is -2.61. The van der Waals surface area contributed by atoms with Gasteiger partial charge in [0.25, 0.3) is 0 Å². The molecule has 1 aliphatic heterocycles. The van der Waals surface area contributed by atoms with E-state index in [4.69, 9.17) is 0 Å². The van der Waals surface area contributed by atoms with E-state index in [0.29, 0.717) is 0 Å². The molecular formula is C29H21OP. The van der Waals surface area contributed by atoms with Gasteiger partial charge in [-0.3, -0.25) is 0 Å². The lowest BCUT2D eigenvalue weighted by atomic mass is 9.86. The maximum absolute atomic E-state index is 13.8. The van der Waals surface area contributed by atoms with Crippen LogP contribution in [-0.4, -0.2) is 6.66 Å². The smallest absolute Gasteiger partial charge is 0.141 e. The van der Waals surface area contributed by atoms with Crippen LogP contribution >= 0.6 is 7.14 Å². The second-order valence-corrected chi connectivity index (χ2v) is 11.0. The van der Waals surface area contributed by atoms with Gasteiger partial charge in [0.05, 0.1) is 0 Å². The van der Waals surface area contributed by atoms with Crippen molar-refractivity contribution in [2.75, 3.05) is 6.66 Å². The first-order valence-corrected chi connectivity index (χ1v) is 12.7. The van der Waals surface area contributed by atoms with Gasteiger partial charge in [0.1, 0.15) is 7.14 Å². The zero-order valence-corrected chi connectivity index (χ0v) is 18.1. The van der Waals surface area contributed by atoms with Crippen LogP contribution in [0.15, 0.2) is 109 Å². The van der Waals surface area contributed by atoms with E-state index in [-0.39, 0.29) is 0 Å². The summed E-state index contributed by atoms with van der Waals surface area (Å²) in [5, 5.41) is 4.40. The van der Waals surface area contributed by atoms with Gasteiger partial charge in [0.15, 0.2) is 0 Å². The molecule has 1 unspecified atom stereocenters. The molecule has 0 spiro atoms. The molecule has 0 amide bonds. The van der Waals surface area contributed by atoms with Crippen LogP contribution in [0.4, 0.5) is 0 Å². The van der Waals surface area contributed by atoms with E-state index in [1.807, 2.05) is 30.9 Å². The first-order valence-electron chi connectivity index (χ1n) is 10.5. The Morgan fingerprint density at radius 2 is 1.16 bits per heavy atom. The van der Waals surface area contributed by atoms with E-state index in [9.17, 15) is 4.57 Å². The van der Waals surface area contributed by atoms with Gasteiger partial charge in [-0.1, -0.05) is 109 Å². The lowest BCUT2D eigenvalue weighted by molar-refractivity contribution is 0.591. The highest BCUT2D eigenvalue weighted by molar-refractivity contribution is 7.79. The molecule has 0 N–H and O–H groups in total. The Balaban J connectivity index is 1.75. The molecule has 0 fully saturated rings. The summed E-state index contributed by atoms with van der Waals surface area (Å²) in [6.07, 6.45) is 0. The summed E-state index contributed by atoms with van der Waals surface area (Å²) >= 11 is 0. The molecule has 1 nitrogen and oxygen atoms in total. The maximum atomic E-state index is 13.8. The Hall–Kier alpha value is -3.41. The first-order chi connectivity index (χ1) is 15.2. The Bertz CT molecular complexity index is 1520. The molecule has 31 heavy (non-hydrogen) atoms. The quantitative estimate of drug-likeness (QED) is 0.281. The minimum Gasteiger partial charge on any atom is -0.314 e. The Morgan fingerprint density at radius 1 is 0.516 bits per heavy atom. The summed E-state index contributed by atoms with van der Waals surface area (Å²) in [6, 6.07) is 38.0. The highest BCUT2D eigenvalue weighted by Gasteiger charge is 2.36. The zero-order valence-electron chi connectivity index (χ0n) is 17.2. The van der Waals surface area contributed by atoms with Crippen molar-refractivity contribution in [3.8, 4) is 33.4 Å². The average molecular weight is 416 g/mol. The Kier molecular flexibility index (Phi) is 4.03. The van der Waals surface area contributed by atoms with Crippen molar-refractivity contribution in [2.45, 2.75) is 0 Å². The van der Waals surface area contributed by atoms with Gasteiger partial charge >= 0.3 is 0 Å².